The maximum absolute atomic E-state index is 11.7. The molecular formula is C12H20BNO5. The molecule has 106 valence electrons. The summed E-state index contributed by atoms with van der Waals surface area (Å²) in [7, 11) is 0.557. The molecular weight excluding hydrogens is 249 g/mol. The normalized spacial score (nSPS) is 17.5. The minimum atomic E-state index is -1.07. The fraction of sp³-hybridized carbons (Fsp3) is 0.750. The number of Topliss-reactive ketones (excluding diaryl/α,β-unsaturated/α-hetero) is 1. The van der Waals surface area contributed by atoms with Crippen LogP contribution in [0.4, 0.5) is 0 Å². The van der Waals surface area contributed by atoms with E-state index in [0.29, 0.717) is 6.42 Å². The van der Waals surface area contributed by atoms with Gasteiger partial charge in [0.1, 0.15) is 5.78 Å². The van der Waals surface area contributed by atoms with Gasteiger partial charge in [-0.25, -0.2) is 0 Å². The molecule has 0 amide bonds. The van der Waals surface area contributed by atoms with Crippen LogP contribution < -0.4 is 0 Å². The Morgan fingerprint density at radius 2 is 1.79 bits per heavy atom. The predicted molar refractivity (Wildman–Crippen MR) is 69.4 cm³/mol. The summed E-state index contributed by atoms with van der Waals surface area (Å²) in [4.78, 5) is 36.1. The number of nitrogens with zero attached hydrogens (tertiary/aromatic N) is 1. The van der Waals surface area contributed by atoms with Crippen LogP contribution in [0.1, 0.15) is 32.6 Å². The third-order valence-electron chi connectivity index (χ3n) is 2.78. The van der Waals surface area contributed by atoms with Gasteiger partial charge < -0.3 is 14.1 Å². The van der Waals surface area contributed by atoms with E-state index in [9.17, 15) is 14.4 Å². The van der Waals surface area contributed by atoms with E-state index in [0.717, 1.165) is 19.3 Å². The van der Waals surface area contributed by atoms with Crippen LogP contribution in [0.15, 0.2) is 0 Å². The van der Waals surface area contributed by atoms with Gasteiger partial charge in [0.25, 0.3) is 0 Å². The van der Waals surface area contributed by atoms with Crippen molar-refractivity contribution in [2.75, 3.05) is 20.1 Å². The monoisotopic (exact) mass is 269 g/mol. The molecule has 0 aromatic rings. The zero-order chi connectivity index (χ0) is 14.3. The minimum Gasteiger partial charge on any atom is -0.498 e. The molecule has 0 radical (unpaired) electrons. The van der Waals surface area contributed by atoms with Crippen LogP contribution in [-0.2, 0) is 23.7 Å². The smallest absolute Gasteiger partial charge is 0.498 e. The Hall–Kier alpha value is -1.37. The van der Waals surface area contributed by atoms with Crippen LogP contribution in [0.5, 0.6) is 0 Å². The van der Waals surface area contributed by atoms with Gasteiger partial charge in [-0.3, -0.25) is 14.5 Å². The zero-order valence-corrected chi connectivity index (χ0v) is 11.5. The van der Waals surface area contributed by atoms with E-state index in [1.807, 2.05) is 0 Å². The zero-order valence-electron chi connectivity index (χ0n) is 11.5. The maximum atomic E-state index is 11.7. The first kappa shape index (κ1) is 15.7. The third-order valence-corrected chi connectivity index (χ3v) is 2.78. The highest BCUT2D eigenvalue weighted by Gasteiger charge is 2.33. The molecule has 1 saturated heterocycles. The lowest BCUT2D eigenvalue weighted by Crippen LogP contribution is -2.43. The maximum Gasteiger partial charge on any atom is 0.606 e. The van der Waals surface area contributed by atoms with Crippen LogP contribution in [0.2, 0.25) is 6.32 Å². The van der Waals surface area contributed by atoms with Gasteiger partial charge in [0.15, 0.2) is 0 Å². The van der Waals surface area contributed by atoms with Gasteiger partial charge in [-0.05, 0) is 13.5 Å². The Kier molecular flexibility index (Phi) is 6.55. The van der Waals surface area contributed by atoms with E-state index in [1.54, 1.807) is 7.05 Å². The Morgan fingerprint density at radius 3 is 2.32 bits per heavy atom. The molecule has 0 unspecified atom stereocenters. The molecule has 1 fully saturated rings. The molecule has 0 bridgehead atoms. The van der Waals surface area contributed by atoms with Crippen molar-refractivity contribution < 1.29 is 23.7 Å². The van der Waals surface area contributed by atoms with E-state index in [-0.39, 0.29) is 25.2 Å². The molecule has 1 heterocycles. The average Bonchev–Trinajstić information content (AvgIpc) is 2.26. The number of unbranched alkanes of at least 4 members (excludes halogenated alkanes) is 2. The Bertz CT molecular complexity index is 327. The first-order valence-electron chi connectivity index (χ1n) is 6.60. The number of hydrogen-bond acceptors (Lipinski definition) is 6. The number of ketones is 1. The molecule has 1 aliphatic rings. The second kappa shape index (κ2) is 7.94. The van der Waals surface area contributed by atoms with Gasteiger partial charge in [0.05, 0.1) is 19.4 Å². The van der Waals surface area contributed by atoms with E-state index in [1.165, 1.54) is 4.90 Å². The molecule has 6 nitrogen and oxygen atoms in total. The molecule has 0 aromatic heterocycles. The van der Waals surface area contributed by atoms with E-state index in [4.69, 9.17) is 9.31 Å². The van der Waals surface area contributed by atoms with Gasteiger partial charge in [-0.2, -0.15) is 0 Å². The summed E-state index contributed by atoms with van der Waals surface area (Å²) in [6, 6.07) is 0. The summed E-state index contributed by atoms with van der Waals surface area (Å²) in [6.45, 7) is 2.10. The fourth-order valence-corrected chi connectivity index (χ4v) is 1.83. The molecule has 0 aromatic carbocycles. The SMILES string of the molecule is CCCCCC(=O)CB1OC(=O)CN(C)CC(=O)O1. The predicted octanol–water partition coefficient (Wildman–Crippen LogP) is 0.656. The van der Waals surface area contributed by atoms with Crippen LogP contribution in [0.25, 0.3) is 0 Å². The molecule has 0 N–H and O–H groups in total. The van der Waals surface area contributed by atoms with E-state index in [2.05, 4.69) is 6.92 Å². The first-order chi connectivity index (χ1) is 9.01. The van der Waals surface area contributed by atoms with Crippen LogP contribution in [-0.4, -0.2) is 49.9 Å². The topological polar surface area (TPSA) is 72.9 Å². The lowest BCUT2D eigenvalue weighted by molar-refractivity contribution is -0.145. The van der Waals surface area contributed by atoms with Crippen molar-refractivity contribution in [3.63, 3.8) is 0 Å². The van der Waals surface area contributed by atoms with Crippen molar-refractivity contribution in [2.24, 2.45) is 0 Å². The molecule has 19 heavy (non-hydrogen) atoms. The highest BCUT2D eigenvalue weighted by Crippen LogP contribution is 2.08. The lowest BCUT2D eigenvalue weighted by atomic mass is 9.80. The summed E-state index contributed by atoms with van der Waals surface area (Å²) < 4.78 is 9.93. The highest BCUT2D eigenvalue weighted by molar-refractivity contribution is 6.53. The molecule has 1 aliphatic heterocycles. The van der Waals surface area contributed by atoms with Crippen molar-refractivity contribution in [3.05, 3.63) is 0 Å². The Morgan fingerprint density at radius 1 is 1.21 bits per heavy atom. The average molecular weight is 269 g/mol. The van der Waals surface area contributed by atoms with E-state index < -0.39 is 19.1 Å². The van der Waals surface area contributed by atoms with Crippen LogP contribution >= 0.6 is 0 Å². The van der Waals surface area contributed by atoms with Gasteiger partial charge in [-0.15, -0.1) is 0 Å². The summed E-state index contributed by atoms with van der Waals surface area (Å²) in [6.07, 6.45) is 3.21. The molecule has 0 aliphatic carbocycles. The van der Waals surface area contributed by atoms with Crippen LogP contribution in [0, 0.1) is 0 Å². The van der Waals surface area contributed by atoms with Crippen LogP contribution in [0.3, 0.4) is 0 Å². The first-order valence-corrected chi connectivity index (χ1v) is 6.60. The number of hydrogen-bond donors (Lipinski definition) is 0. The summed E-state index contributed by atoms with van der Waals surface area (Å²) in [5, 5.41) is 0. The van der Waals surface area contributed by atoms with Gasteiger partial charge >= 0.3 is 19.1 Å². The summed E-state index contributed by atoms with van der Waals surface area (Å²) >= 11 is 0. The van der Waals surface area contributed by atoms with Gasteiger partial charge in [0.2, 0.25) is 0 Å². The van der Waals surface area contributed by atoms with E-state index >= 15 is 0 Å². The van der Waals surface area contributed by atoms with Gasteiger partial charge in [0, 0.05) is 6.42 Å². The molecule has 0 spiro atoms. The standard InChI is InChI=1S/C12H20BNO5/c1-3-4-5-6-10(15)7-13-18-11(16)8-14(2)9-12(17)19-13/h3-9H2,1-2H3. The molecule has 0 saturated carbocycles. The quantitative estimate of drug-likeness (QED) is 0.521. The van der Waals surface area contributed by atoms with Crippen molar-refractivity contribution >= 4 is 24.8 Å². The summed E-state index contributed by atoms with van der Waals surface area (Å²) in [5.41, 5.74) is 0. The molecule has 0 atom stereocenters. The molecule has 1 rings (SSSR count). The largest absolute Gasteiger partial charge is 0.606 e. The van der Waals surface area contributed by atoms with Crippen molar-refractivity contribution in [2.45, 2.75) is 38.9 Å². The Balaban J connectivity index is 2.44. The number of rotatable bonds is 6. The highest BCUT2D eigenvalue weighted by atomic mass is 16.6. The van der Waals surface area contributed by atoms with Crippen molar-refractivity contribution in [3.8, 4) is 0 Å². The Labute approximate surface area is 113 Å². The van der Waals surface area contributed by atoms with Gasteiger partial charge in [-0.1, -0.05) is 19.8 Å². The van der Waals surface area contributed by atoms with Crippen molar-refractivity contribution in [1.82, 2.24) is 4.90 Å². The third kappa shape index (κ3) is 6.38. The fourth-order valence-electron chi connectivity index (χ4n) is 1.83. The second-order valence-electron chi connectivity index (χ2n) is 4.78. The second-order valence-corrected chi connectivity index (χ2v) is 4.78. The van der Waals surface area contributed by atoms with Crippen molar-refractivity contribution in [1.29, 1.82) is 0 Å². The molecule has 7 heteroatoms. The number of carbonyl (C=O) groups is 3. The summed E-state index contributed by atoms with van der Waals surface area (Å²) in [5.74, 6) is -1.02. The minimum absolute atomic E-state index is 0.0234. The lowest BCUT2D eigenvalue weighted by Gasteiger charge is -2.22. The number of likely N-dealkylation sites (N-methyl/N-ethyl adjacent to an activating group) is 1. The number of carbonyl (C=O) groups excluding carboxylic acids is 3.